The molecule has 0 aromatic carbocycles. The lowest BCUT2D eigenvalue weighted by atomic mass is 9.52. The predicted molar refractivity (Wildman–Crippen MR) is 88.5 cm³/mol. The van der Waals surface area contributed by atoms with Crippen molar-refractivity contribution in [2.24, 2.45) is 29.1 Å². The maximum atomic E-state index is 11.7. The smallest absolute Gasteiger partial charge is 0.155 e. The summed E-state index contributed by atoms with van der Waals surface area (Å²) in [5.74, 6) is 9.66. The van der Waals surface area contributed by atoms with Crippen molar-refractivity contribution in [2.75, 3.05) is 6.61 Å². The molecule has 4 aliphatic carbocycles. The van der Waals surface area contributed by atoms with Crippen LogP contribution in [0, 0.1) is 40.9 Å². The van der Waals surface area contributed by atoms with E-state index in [2.05, 4.69) is 30.9 Å². The number of hydrogen-bond acceptors (Lipinski definition) is 2. The van der Waals surface area contributed by atoms with Gasteiger partial charge in [-0.1, -0.05) is 30.9 Å². The zero-order chi connectivity index (χ0) is 15.7. The van der Waals surface area contributed by atoms with E-state index in [1.807, 2.05) is 6.08 Å². The molecular formula is C21H24O2. The Labute approximate surface area is 138 Å². The van der Waals surface area contributed by atoms with Crippen LogP contribution in [0.5, 0.6) is 0 Å². The minimum atomic E-state index is -0.172. The van der Waals surface area contributed by atoms with Gasteiger partial charge in [0.05, 0.1) is 0 Å². The van der Waals surface area contributed by atoms with Crippen LogP contribution in [0.3, 0.4) is 0 Å². The molecule has 5 rings (SSSR count). The van der Waals surface area contributed by atoms with Gasteiger partial charge >= 0.3 is 0 Å². The average Bonchev–Trinajstić information content (AvgIpc) is 3.14. The quantitative estimate of drug-likeness (QED) is 0.638. The molecule has 2 saturated carbocycles. The number of ketones is 1. The largest absolute Gasteiger partial charge is 0.349 e. The molecule has 0 radical (unpaired) electrons. The van der Waals surface area contributed by atoms with E-state index < -0.39 is 0 Å². The molecule has 5 aliphatic rings. The van der Waals surface area contributed by atoms with Crippen LogP contribution in [0.15, 0.2) is 23.8 Å². The molecule has 2 nitrogen and oxygen atoms in total. The van der Waals surface area contributed by atoms with Crippen molar-refractivity contribution < 1.29 is 9.53 Å². The van der Waals surface area contributed by atoms with Crippen LogP contribution in [-0.4, -0.2) is 18.0 Å². The van der Waals surface area contributed by atoms with E-state index in [1.54, 1.807) is 0 Å². The highest BCUT2D eigenvalue weighted by atomic mass is 16.5. The van der Waals surface area contributed by atoms with Crippen molar-refractivity contribution >= 4 is 5.78 Å². The molecule has 1 aliphatic heterocycles. The lowest BCUT2D eigenvalue weighted by molar-refractivity contribution is -0.116. The summed E-state index contributed by atoms with van der Waals surface area (Å²) in [6.45, 7) is 3.05. The second-order valence-electron chi connectivity index (χ2n) is 8.37. The summed E-state index contributed by atoms with van der Waals surface area (Å²) in [4.78, 5) is 11.7. The third-order valence-corrected chi connectivity index (χ3v) is 7.67. The SMILES string of the molecule is C[C@]12CCC3C4CCC(=O)C=C4C=CC3C1CCC21C#CCO1. The van der Waals surface area contributed by atoms with Crippen LogP contribution in [-0.2, 0) is 9.53 Å². The van der Waals surface area contributed by atoms with Gasteiger partial charge in [-0.05, 0) is 67.4 Å². The molecule has 0 aromatic heterocycles. The fourth-order valence-electron chi connectivity index (χ4n) is 6.47. The maximum absolute atomic E-state index is 11.7. The molecule has 120 valence electrons. The van der Waals surface area contributed by atoms with E-state index in [-0.39, 0.29) is 11.0 Å². The molecule has 5 unspecified atom stereocenters. The van der Waals surface area contributed by atoms with Crippen LogP contribution in [0.25, 0.3) is 0 Å². The molecule has 1 heterocycles. The molecule has 23 heavy (non-hydrogen) atoms. The monoisotopic (exact) mass is 308 g/mol. The first-order valence-electron chi connectivity index (χ1n) is 9.20. The Balaban J connectivity index is 1.52. The van der Waals surface area contributed by atoms with Crippen molar-refractivity contribution in [3.63, 3.8) is 0 Å². The summed E-state index contributed by atoms with van der Waals surface area (Å²) >= 11 is 0. The van der Waals surface area contributed by atoms with Gasteiger partial charge in [-0.3, -0.25) is 4.79 Å². The third-order valence-electron chi connectivity index (χ3n) is 7.67. The van der Waals surface area contributed by atoms with Crippen molar-refractivity contribution in [3.05, 3.63) is 23.8 Å². The van der Waals surface area contributed by atoms with Gasteiger partial charge in [0.2, 0.25) is 0 Å². The van der Waals surface area contributed by atoms with Crippen molar-refractivity contribution in [1.82, 2.24) is 0 Å². The number of carbonyl (C=O) groups excluding carboxylic acids is 1. The van der Waals surface area contributed by atoms with E-state index in [1.165, 1.54) is 24.8 Å². The van der Waals surface area contributed by atoms with Gasteiger partial charge in [-0.2, -0.15) is 0 Å². The zero-order valence-electron chi connectivity index (χ0n) is 13.8. The lowest BCUT2D eigenvalue weighted by Gasteiger charge is -2.53. The predicted octanol–water partition coefficient (Wildman–Crippen LogP) is 3.68. The number of fused-ring (bicyclic) bond motifs is 6. The van der Waals surface area contributed by atoms with Crippen LogP contribution in [0.4, 0.5) is 0 Å². The van der Waals surface area contributed by atoms with Crippen LogP contribution < -0.4 is 0 Å². The second-order valence-corrected chi connectivity index (χ2v) is 8.37. The van der Waals surface area contributed by atoms with Crippen LogP contribution in [0.1, 0.15) is 45.4 Å². The Bertz CT molecular complexity index is 690. The summed E-state index contributed by atoms with van der Waals surface area (Å²) < 4.78 is 6.17. The van der Waals surface area contributed by atoms with E-state index in [4.69, 9.17) is 4.74 Å². The first kappa shape index (κ1) is 14.1. The molecule has 2 heteroatoms. The fraction of sp³-hybridized carbons (Fsp3) is 0.667. The summed E-state index contributed by atoms with van der Waals surface area (Å²) in [5, 5.41) is 0. The molecule has 6 atom stereocenters. The van der Waals surface area contributed by atoms with Gasteiger partial charge in [-0.15, -0.1) is 0 Å². The van der Waals surface area contributed by atoms with E-state index in [0.29, 0.717) is 30.1 Å². The maximum Gasteiger partial charge on any atom is 0.155 e. The van der Waals surface area contributed by atoms with E-state index in [0.717, 1.165) is 25.2 Å². The summed E-state index contributed by atoms with van der Waals surface area (Å²) in [6, 6.07) is 0. The average molecular weight is 308 g/mol. The zero-order valence-corrected chi connectivity index (χ0v) is 13.8. The molecular weight excluding hydrogens is 284 g/mol. The Morgan fingerprint density at radius 2 is 2.17 bits per heavy atom. The van der Waals surface area contributed by atoms with Gasteiger partial charge in [0.25, 0.3) is 0 Å². The molecule has 2 fully saturated rings. The number of allylic oxidation sites excluding steroid dienone is 4. The summed E-state index contributed by atoms with van der Waals surface area (Å²) in [6.07, 6.45) is 13.2. The molecule has 0 saturated heterocycles. The van der Waals surface area contributed by atoms with Crippen molar-refractivity contribution in [3.8, 4) is 11.8 Å². The highest BCUT2D eigenvalue weighted by molar-refractivity contribution is 5.91. The number of hydrogen-bond donors (Lipinski definition) is 0. The Morgan fingerprint density at radius 3 is 3.00 bits per heavy atom. The highest BCUT2D eigenvalue weighted by Gasteiger charge is 2.63. The van der Waals surface area contributed by atoms with Gasteiger partial charge in [-0.25, -0.2) is 0 Å². The van der Waals surface area contributed by atoms with Crippen molar-refractivity contribution in [2.45, 2.75) is 51.0 Å². The third kappa shape index (κ3) is 1.72. The van der Waals surface area contributed by atoms with E-state index in [9.17, 15) is 4.79 Å². The first-order valence-corrected chi connectivity index (χ1v) is 9.20. The number of rotatable bonds is 0. The summed E-state index contributed by atoms with van der Waals surface area (Å²) in [7, 11) is 0. The minimum absolute atomic E-state index is 0.172. The number of carbonyl (C=O) groups is 1. The van der Waals surface area contributed by atoms with Gasteiger partial charge < -0.3 is 4.74 Å². The van der Waals surface area contributed by atoms with Gasteiger partial charge in [0.15, 0.2) is 5.78 Å². The second kappa shape index (κ2) is 4.61. The Hall–Kier alpha value is -1.33. The van der Waals surface area contributed by atoms with E-state index >= 15 is 0 Å². The van der Waals surface area contributed by atoms with Gasteiger partial charge in [0.1, 0.15) is 12.2 Å². The fourth-order valence-corrected chi connectivity index (χ4v) is 6.47. The first-order chi connectivity index (χ1) is 11.1. The lowest BCUT2D eigenvalue weighted by Crippen LogP contribution is -2.51. The molecule has 1 spiro atoms. The Kier molecular flexibility index (Phi) is 2.81. The molecule has 0 N–H and O–H groups in total. The highest BCUT2D eigenvalue weighted by Crippen LogP contribution is 2.64. The molecule has 0 bridgehead atoms. The normalized spacial score (nSPS) is 50.0. The Morgan fingerprint density at radius 1 is 1.26 bits per heavy atom. The van der Waals surface area contributed by atoms with Crippen LogP contribution in [0.2, 0.25) is 0 Å². The minimum Gasteiger partial charge on any atom is -0.349 e. The topological polar surface area (TPSA) is 26.3 Å². The van der Waals surface area contributed by atoms with Gasteiger partial charge in [0, 0.05) is 11.8 Å². The number of ether oxygens (including phenoxy) is 1. The standard InChI is InChI=1S/C21H24O2/c1-20-10-7-17-16-6-4-15(22)13-14(16)3-5-18(17)19(20)8-11-21(20)9-2-12-23-21/h3,5,13,16-19H,4,6-8,10-12H2,1H3/t16?,17?,18?,19?,20-,21?/m0/s1. The molecule has 0 amide bonds. The summed E-state index contributed by atoms with van der Waals surface area (Å²) in [5.41, 5.74) is 1.33. The van der Waals surface area contributed by atoms with Crippen LogP contribution >= 0.6 is 0 Å². The molecule has 0 aromatic rings. The van der Waals surface area contributed by atoms with Crippen molar-refractivity contribution in [1.29, 1.82) is 0 Å².